The smallest absolute Gasteiger partial charge is 0.293 e. The molecule has 0 amide bonds. The van der Waals surface area contributed by atoms with Crippen LogP contribution in [0, 0.1) is 5.92 Å². The van der Waals surface area contributed by atoms with Crippen molar-refractivity contribution in [2.45, 2.75) is 32.3 Å². The average Bonchev–Trinajstić information content (AvgIpc) is 3.06. The number of piperazine rings is 1. The van der Waals surface area contributed by atoms with Gasteiger partial charge in [0.05, 0.1) is 6.10 Å². The van der Waals surface area contributed by atoms with E-state index in [-0.39, 0.29) is 17.6 Å². The second-order valence-electron chi connectivity index (χ2n) is 7.09. The number of aliphatic imine (C=N–C) groups is 1. The summed E-state index contributed by atoms with van der Waals surface area (Å²) >= 11 is 0. The summed E-state index contributed by atoms with van der Waals surface area (Å²) in [5.41, 5.74) is -0.0586. The zero-order valence-corrected chi connectivity index (χ0v) is 15.8. The van der Waals surface area contributed by atoms with E-state index in [9.17, 15) is 9.90 Å². The quantitative estimate of drug-likeness (QED) is 0.581. The molecule has 1 aliphatic carbocycles. The molecule has 1 aliphatic heterocycles. The lowest BCUT2D eigenvalue weighted by atomic mass is 10.1. The Morgan fingerprint density at radius 2 is 2.12 bits per heavy atom. The third-order valence-electron chi connectivity index (χ3n) is 5.31. The summed E-state index contributed by atoms with van der Waals surface area (Å²) in [6.07, 6.45) is 6.18. The molecule has 2 aliphatic rings. The van der Waals surface area contributed by atoms with Crippen LogP contribution in [0.3, 0.4) is 0 Å². The number of nitrogens with one attached hydrogen (secondary N) is 1. The predicted octanol–water partition coefficient (Wildman–Crippen LogP) is 0.0288. The van der Waals surface area contributed by atoms with Gasteiger partial charge in [-0.3, -0.25) is 9.79 Å². The number of nitrogens with zero attached hydrogens (tertiary/aromatic N) is 5. The highest BCUT2D eigenvalue weighted by molar-refractivity contribution is 5.80. The van der Waals surface area contributed by atoms with E-state index in [1.54, 1.807) is 24.0 Å². The second kappa shape index (κ2) is 8.53. The topological polar surface area (TPSA) is 86.0 Å². The average molecular weight is 362 g/mol. The molecule has 8 heteroatoms. The molecule has 1 aromatic rings. The van der Waals surface area contributed by atoms with Crippen LogP contribution < -0.4 is 15.8 Å². The molecular weight excluding hydrogens is 332 g/mol. The number of rotatable bonds is 4. The lowest BCUT2D eigenvalue weighted by Gasteiger charge is -2.37. The van der Waals surface area contributed by atoms with Crippen LogP contribution in [0.1, 0.15) is 26.2 Å². The first-order valence-electron chi connectivity index (χ1n) is 9.58. The Balaban J connectivity index is 1.62. The van der Waals surface area contributed by atoms with Crippen LogP contribution in [0.2, 0.25) is 0 Å². The molecule has 1 saturated heterocycles. The van der Waals surface area contributed by atoms with Crippen molar-refractivity contribution in [3.8, 4) is 0 Å². The van der Waals surface area contributed by atoms with Gasteiger partial charge in [-0.25, -0.2) is 4.98 Å². The van der Waals surface area contributed by atoms with E-state index in [2.05, 4.69) is 22.1 Å². The Kier molecular flexibility index (Phi) is 6.13. The number of hydrogen-bond donors (Lipinski definition) is 2. The Labute approximate surface area is 154 Å². The molecule has 0 spiro atoms. The largest absolute Gasteiger partial charge is 0.393 e. The molecule has 2 heterocycles. The highest BCUT2D eigenvalue weighted by Gasteiger charge is 2.26. The first-order valence-corrected chi connectivity index (χ1v) is 9.58. The first-order chi connectivity index (χ1) is 12.6. The van der Waals surface area contributed by atoms with Crippen LogP contribution in [0.25, 0.3) is 0 Å². The van der Waals surface area contributed by atoms with Gasteiger partial charge in [-0.15, -0.1) is 0 Å². The SMILES string of the molecule is CCNC(=NCC1CCCC1O)N1CCN(c2nccn(C)c2=O)CC1. The minimum absolute atomic E-state index is 0.0586. The monoisotopic (exact) mass is 362 g/mol. The Morgan fingerprint density at radius 1 is 1.35 bits per heavy atom. The minimum atomic E-state index is -0.209. The molecule has 0 aromatic carbocycles. The van der Waals surface area contributed by atoms with Gasteiger partial charge < -0.3 is 24.8 Å². The van der Waals surface area contributed by atoms with Gasteiger partial charge in [0.25, 0.3) is 5.56 Å². The van der Waals surface area contributed by atoms with Gasteiger partial charge in [-0.2, -0.15) is 0 Å². The number of aliphatic hydroxyl groups excluding tert-OH is 1. The standard InChI is InChI=1S/C18H30N6O2/c1-3-19-18(21-13-14-5-4-6-15(14)25)24-11-9-23(10-12-24)16-17(26)22(2)8-7-20-16/h7-8,14-15,25H,3-6,9-13H2,1-2H3,(H,19,21). The molecule has 2 N–H and O–H groups in total. The van der Waals surface area contributed by atoms with Crippen molar-refractivity contribution in [1.29, 1.82) is 0 Å². The van der Waals surface area contributed by atoms with E-state index < -0.39 is 0 Å². The van der Waals surface area contributed by atoms with E-state index >= 15 is 0 Å². The molecule has 3 rings (SSSR count). The van der Waals surface area contributed by atoms with Crippen molar-refractivity contribution in [3.05, 3.63) is 22.7 Å². The summed E-state index contributed by atoms with van der Waals surface area (Å²) in [6, 6.07) is 0. The fourth-order valence-electron chi connectivity index (χ4n) is 3.69. The molecule has 0 bridgehead atoms. The molecule has 2 atom stereocenters. The summed E-state index contributed by atoms with van der Waals surface area (Å²) in [7, 11) is 1.75. The van der Waals surface area contributed by atoms with Gasteiger partial charge >= 0.3 is 0 Å². The van der Waals surface area contributed by atoms with Gasteiger partial charge in [0.1, 0.15) is 0 Å². The van der Waals surface area contributed by atoms with Crippen molar-refractivity contribution in [2.24, 2.45) is 18.0 Å². The molecule has 0 radical (unpaired) electrons. The zero-order chi connectivity index (χ0) is 18.5. The Hall–Kier alpha value is -2.09. The number of aryl methyl sites for hydroxylation is 1. The summed E-state index contributed by atoms with van der Waals surface area (Å²) in [5, 5.41) is 13.4. The molecule has 2 fully saturated rings. The van der Waals surface area contributed by atoms with E-state index in [1.807, 2.05) is 4.90 Å². The fourth-order valence-corrected chi connectivity index (χ4v) is 3.69. The second-order valence-corrected chi connectivity index (χ2v) is 7.09. The van der Waals surface area contributed by atoms with Crippen molar-refractivity contribution >= 4 is 11.8 Å². The van der Waals surface area contributed by atoms with E-state index in [1.165, 1.54) is 0 Å². The van der Waals surface area contributed by atoms with Crippen LogP contribution in [0.15, 0.2) is 22.2 Å². The van der Waals surface area contributed by atoms with E-state index in [4.69, 9.17) is 4.99 Å². The highest BCUT2D eigenvalue weighted by atomic mass is 16.3. The number of hydrogen-bond acceptors (Lipinski definition) is 5. The summed E-state index contributed by atoms with van der Waals surface area (Å²) < 4.78 is 1.56. The molecular formula is C18H30N6O2. The third kappa shape index (κ3) is 4.17. The number of guanidine groups is 1. The van der Waals surface area contributed by atoms with Gasteiger partial charge in [0.2, 0.25) is 0 Å². The maximum atomic E-state index is 12.3. The van der Waals surface area contributed by atoms with Crippen molar-refractivity contribution in [2.75, 3.05) is 44.2 Å². The van der Waals surface area contributed by atoms with Crippen LogP contribution in [-0.2, 0) is 7.05 Å². The summed E-state index contributed by atoms with van der Waals surface area (Å²) in [4.78, 5) is 25.6. The molecule has 1 saturated carbocycles. The zero-order valence-electron chi connectivity index (χ0n) is 15.8. The van der Waals surface area contributed by atoms with E-state index in [0.717, 1.165) is 57.9 Å². The van der Waals surface area contributed by atoms with Gasteiger partial charge in [0.15, 0.2) is 11.8 Å². The Bertz CT molecular complexity index is 681. The lowest BCUT2D eigenvalue weighted by molar-refractivity contribution is 0.136. The molecule has 144 valence electrons. The third-order valence-corrected chi connectivity index (χ3v) is 5.31. The van der Waals surface area contributed by atoms with Crippen LogP contribution in [0.4, 0.5) is 5.82 Å². The normalized spacial score (nSPS) is 24.2. The van der Waals surface area contributed by atoms with Gasteiger partial charge in [0, 0.05) is 64.6 Å². The summed E-state index contributed by atoms with van der Waals surface area (Å²) in [5.74, 6) is 1.70. The fraction of sp³-hybridized carbons (Fsp3) is 0.722. The molecule has 1 aromatic heterocycles. The van der Waals surface area contributed by atoms with Crippen molar-refractivity contribution in [3.63, 3.8) is 0 Å². The minimum Gasteiger partial charge on any atom is -0.393 e. The highest BCUT2D eigenvalue weighted by Crippen LogP contribution is 2.25. The van der Waals surface area contributed by atoms with Crippen LogP contribution in [0.5, 0.6) is 0 Å². The predicted molar refractivity (Wildman–Crippen MR) is 103 cm³/mol. The number of aromatic nitrogens is 2. The van der Waals surface area contributed by atoms with Crippen LogP contribution >= 0.6 is 0 Å². The first kappa shape index (κ1) is 18.7. The Morgan fingerprint density at radius 3 is 2.77 bits per heavy atom. The van der Waals surface area contributed by atoms with Crippen molar-refractivity contribution in [1.82, 2.24) is 19.8 Å². The molecule has 26 heavy (non-hydrogen) atoms. The number of anilines is 1. The van der Waals surface area contributed by atoms with Gasteiger partial charge in [-0.1, -0.05) is 6.42 Å². The van der Waals surface area contributed by atoms with Crippen molar-refractivity contribution < 1.29 is 5.11 Å². The maximum absolute atomic E-state index is 12.3. The van der Waals surface area contributed by atoms with E-state index in [0.29, 0.717) is 12.4 Å². The summed E-state index contributed by atoms with van der Waals surface area (Å²) in [6.45, 7) is 6.61. The molecule has 8 nitrogen and oxygen atoms in total. The number of aliphatic hydroxyl groups is 1. The van der Waals surface area contributed by atoms with Gasteiger partial charge in [-0.05, 0) is 19.8 Å². The maximum Gasteiger partial charge on any atom is 0.293 e. The lowest BCUT2D eigenvalue weighted by Crippen LogP contribution is -2.53. The van der Waals surface area contributed by atoms with Crippen LogP contribution in [-0.4, -0.2) is 70.9 Å². The molecule has 2 unspecified atom stereocenters.